The molecule has 1 aromatic heterocycles. The average Bonchev–Trinajstić information content (AvgIpc) is 3.09. The molecule has 1 aromatic carbocycles. The van der Waals surface area contributed by atoms with E-state index in [9.17, 15) is 22.8 Å². The molecule has 0 saturated heterocycles. The fourth-order valence-electron chi connectivity index (χ4n) is 4.17. The van der Waals surface area contributed by atoms with Crippen molar-refractivity contribution in [3.8, 4) is 0 Å². The highest BCUT2D eigenvalue weighted by Gasteiger charge is 2.46. The van der Waals surface area contributed by atoms with Crippen molar-refractivity contribution >= 4 is 16.8 Å². The summed E-state index contributed by atoms with van der Waals surface area (Å²) in [6, 6.07) is 3.60. The second kappa shape index (κ2) is 6.65. The minimum atomic E-state index is -4.32. The number of hydrogen-bond acceptors (Lipinski definition) is 3. The number of carbonyl (C=O) groups excluding carboxylic acids is 1. The lowest BCUT2D eigenvalue weighted by molar-refractivity contribution is -0.187. The smallest absolute Gasteiger partial charge is 0.349 e. The van der Waals surface area contributed by atoms with E-state index in [1.165, 1.54) is 18.2 Å². The molecular weight excluding hydrogens is 359 g/mol. The highest BCUT2D eigenvalue weighted by Crippen LogP contribution is 2.37. The van der Waals surface area contributed by atoms with E-state index < -0.39 is 24.0 Å². The molecule has 0 unspecified atom stereocenters. The Hall–Kier alpha value is -2.38. The molecular formula is C19H20F3N3O2. The molecule has 27 heavy (non-hydrogen) atoms. The van der Waals surface area contributed by atoms with Crippen LogP contribution in [0.25, 0.3) is 10.9 Å². The lowest BCUT2D eigenvalue weighted by Gasteiger charge is -2.33. The highest BCUT2D eigenvalue weighted by molar-refractivity contribution is 5.97. The lowest BCUT2D eigenvalue weighted by atomic mass is 9.84. The van der Waals surface area contributed by atoms with Gasteiger partial charge in [-0.15, -0.1) is 0 Å². The van der Waals surface area contributed by atoms with Crippen LogP contribution in [-0.2, 0) is 13.0 Å². The van der Waals surface area contributed by atoms with Crippen LogP contribution in [0.3, 0.4) is 0 Å². The number of aryl methyl sites for hydroxylation is 1. The van der Waals surface area contributed by atoms with Crippen molar-refractivity contribution in [2.75, 3.05) is 0 Å². The largest absolute Gasteiger partial charge is 0.393 e. The van der Waals surface area contributed by atoms with Gasteiger partial charge in [-0.25, -0.2) is 4.98 Å². The van der Waals surface area contributed by atoms with Crippen molar-refractivity contribution in [3.63, 3.8) is 0 Å². The van der Waals surface area contributed by atoms with Crippen LogP contribution in [0.4, 0.5) is 13.2 Å². The van der Waals surface area contributed by atoms with Crippen LogP contribution in [0.15, 0.2) is 23.0 Å². The first-order valence-electron chi connectivity index (χ1n) is 9.25. The Bertz CT molecular complexity index is 952. The summed E-state index contributed by atoms with van der Waals surface area (Å²) in [6.07, 6.45) is -1.22. The van der Waals surface area contributed by atoms with E-state index in [4.69, 9.17) is 0 Å². The zero-order valence-electron chi connectivity index (χ0n) is 14.7. The molecule has 1 amide bonds. The standard InChI is InChI=1S/C19H20F3N3O2/c20-19(21,22)13-4-1-2-5-14(13)24-17(26)11-7-8-12-15(10-11)23-16-6-3-9-25(16)18(12)27/h7-8,10,13-14H,1-6,9H2,(H,24,26)/t13-,14-/m0/s1. The molecule has 0 bridgehead atoms. The molecule has 0 spiro atoms. The van der Waals surface area contributed by atoms with Crippen molar-refractivity contribution in [2.24, 2.45) is 5.92 Å². The fraction of sp³-hybridized carbons (Fsp3) is 0.526. The molecule has 2 aliphatic rings. The number of carbonyl (C=O) groups is 1. The number of hydrogen-bond donors (Lipinski definition) is 1. The van der Waals surface area contributed by atoms with Gasteiger partial charge in [-0.2, -0.15) is 13.2 Å². The van der Waals surface area contributed by atoms with Gasteiger partial charge in [-0.1, -0.05) is 12.8 Å². The van der Waals surface area contributed by atoms with Gasteiger partial charge in [0.1, 0.15) is 5.82 Å². The Morgan fingerprint density at radius 2 is 1.96 bits per heavy atom. The molecule has 1 saturated carbocycles. The first-order chi connectivity index (χ1) is 12.8. The van der Waals surface area contributed by atoms with Gasteiger partial charge in [-0.05, 0) is 37.5 Å². The summed E-state index contributed by atoms with van der Waals surface area (Å²) in [7, 11) is 0. The van der Waals surface area contributed by atoms with Crippen LogP contribution in [0, 0.1) is 5.92 Å². The van der Waals surface area contributed by atoms with E-state index in [2.05, 4.69) is 10.3 Å². The SMILES string of the molecule is O=C(N[C@H]1CCCC[C@@H]1C(F)(F)F)c1ccc2c(=O)n3c(nc2c1)CCC3. The Labute approximate surface area is 153 Å². The summed E-state index contributed by atoms with van der Waals surface area (Å²) in [6.45, 7) is 0.639. The minimum absolute atomic E-state index is 0.0383. The van der Waals surface area contributed by atoms with Crippen LogP contribution in [0.1, 0.15) is 48.3 Å². The van der Waals surface area contributed by atoms with E-state index in [1.54, 1.807) is 4.57 Å². The van der Waals surface area contributed by atoms with Crippen molar-refractivity contribution in [2.45, 2.75) is 57.3 Å². The van der Waals surface area contributed by atoms with Gasteiger partial charge in [0.2, 0.25) is 0 Å². The van der Waals surface area contributed by atoms with Crippen LogP contribution in [0.5, 0.6) is 0 Å². The second-order valence-corrected chi connectivity index (χ2v) is 7.33. The Balaban J connectivity index is 1.61. The summed E-state index contributed by atoms with van der Waals surface area (Å²) in [5.41, 5.74) is 0.504. The second-order valence-electron chi connectivity index (χ2n) is 7.33. The Morgan fingerprint density at radius 1 is 1.19 bits per heavy atom. The molecule has 1 aliphatic carbocycles. The molecule has 2 aromatic rings. The number of nitrogens with one attached hydrogen (secondary N) is 1. The zero-order chi connectivity index (χ0) is 19.2. The van der Waals surface area contributed by atoms with Gasteiger partial charge >= 0.3 is 6.18 Å². The molecule has 5 nitrogen and oxygen atoms in total. The Morgan fingerprint density at radius 3 is 2.74 bits per heavy atom. The number of halogens is 3. The molecule has 0 radical (unpaired) electrons. The minimum Gasteiger partial charge on any atom is -0.349 e. The van der Waals surface area contributed by atoms with E-state index in [1.807, 2.05) is 0 Å². The Kier molecular flexibility index (Phi) is 4.44. The third kappa shape index (κ3) is 3.33. The summed E-state index contributed by atoms with van der Waals surface area (Å²) < 4.78 is 41.3. The normalized spacial score (nSPS) is 22.6. The maximum Gasteiger partial charge on any atom is 0.393 e. The van der Waals surface area contributed by atoms with Gasteiger partial charge in [0.05, 0.1) is 16.8 Å². The van der Waals surface area contributed by atoms with Crippen molar-refractivity contribution < 1.29 is 18.0 Å². The summed E-state index contributed by atoms with van der Waals surface area (Å²) in [5, 5.41) is 2.97. The molecule has 1 fully saturated rings. The van der Waals surface area contributed by atoms with Gasteiger partial charge in [0, 0.05) is 24.6 Å². The average molecular weight is 379 g/mol. The number of benzene rings is 1. The maximum absolute atomic E-state index is 13.2. The van der Waals surface area contributed by atoms with Gasteiger partial charge < -0.3 is 5.32 Å². The number of alkyl halides is 3. The van der Waals surface area contributed by atoms with Gasteiger partial charge in [0.15, 0.2) is 0 Å². The van der Waals surface area contributed by atoms with Crippen LogP contribution < -0.4 is 10.9 Å². The van der Waals surface area contributed by atoms with Crippen molar-refractivity contribution in [1.29, 1.82) is 0 Å². The third-order valence-corrected chi connectivity index (χ3v) is 5.58. The summed E-state index contributed by atoms with van der Waals surface area (Å²) in [5.74, 6) is -1.38. The molecule has 1 aliphatic heterocycles. The molecule has 144 valence electrons. The highest BCUT2D eigenvalue weighted by atomic mass is 19.4. The number of aromatic nitrogens is 2. The predicted octanol–water partition coefficient (Wildman–Crippen LogP) is 3.19. The van der Waals surface area contributed by atoms with Crippen molar-refractivity contribution in [3.05, 3.63) is 39.9 Å². The monoisotopic (exact) mass is 379 g/mol. The van der Waals surface area contributed by atoms with E-state index in [0.29, 0.717) is 49.0 Å². The quantitative estimate of drug-likeness (QED) is 0.872. The van der Waals surface area contributed by atoms with Crippen LogP contribution >= 0.6 is 0 Å². The maximum atomic E-state index is 13.2. The molecule has 2 atom stereocenters. The predicted molar refractivity (Wildman–Crippen MR) is 93.6 cm³/mol. The fourth-order valence-corrected chi connectivity index (χ4v) is 4.17. The van der Waals surface area contributed by atoms with E-state index >= 15 is 0 Å². The topological polar surface area (TPSA) is 64.0 Å². The van der Waals surface area contributed by atoms with Gasteiger partial charge in [-0.3, -0.25) is 14.2 Å². The number of rotatable bonds is 2. The number of nitrogens with zero attached hydrogens (tertiary/aromatic N) is 2. The molecule has 1 N–H and O–H groups in total. The zero-order valence-corrected chi connectivity index (χ0v) is 14.7. The lowest BCUT2D eigenvalue weighted by Crippen LogP contribution is -2.47. The van der Waals surface area contributed by atoms with Gasteiger partial charge in [0.25, 0.3) is 11.5 Å². The summed E-state index contributed by atoms with van der Waals surface area (Å²) >= 11 is 0. The van der Waals surface area contributed by atoms with Crippen LogP contribution in [0.2, 0.25) is 0 Å². The first-order valence-corrected chi connectivity index (χ1v) is 9.25. The van der Waals surface area contributed by atoms with Crippen molar-refractivity contribution in [1.82, 2.24) is 14.9 Å². The van der Waals surface area contributed by atoms with Crippen LogP contribution in [-0.4, -0.2) is 27.7 Å². The molecule has 2 heterocycles. The number of fused-ring (bicyclic) bond motifs is 2. The van der Waals surface area contributed by atoms with E-state index in [-0.39, 0.29) is 17.5 Å². The van der Waals surface area contributed by atoms with E-state index in [0.717, 1.165) is 6.42 Å². The molecule has 4 rings (SSSR count). The third-order valence-electron chi connectivity index (χ3n) is 5.58. The number of amides is 1. The first kappa shape index (κ1) is 18.0. The molecule has 8 heteroatoms. The summed E-state index contributed by atoms with van der Waals surface area (Å²) in [4.78, 5) is 29.5.